The number of halogens is 1. The molecule has 0 bridgehead atoms. The number of amides is 1. The summed E-state index contributed by atoms with van der Waals surface area (Å²) in [4.78, 5) is 24.1. The molecule has 0 aliphatic heterocycles. The first-order valence-corrected chi connectivity index (χ1v) is 7.26. The van der Waals surface area contributed by atoms with Crippen LogP contribution in [0.4, 0.5) is 4.39 Å². The Morgan fingerprint density at radius 2 is 1.91 bits per heavy atom. The highest BCUT2D eigenvalue weighted by Crippen LogP contribution is 2.23. The minimum absolute atomic E-state index is 0.278. The van der Waals surface area contributed by atoms with Gasteiger partial charge in [-0.25, -0.2) is 9.18 Å². The zero-order valence-corrected chi connectivity index (χ0v) is 12.9. The van der Waals surface area contributed by atoms with E-state index in [1.165, 1.54) is 31.4 Å². The summed E-state index contributed by atoms with van der Waals surface area (Å²) >= 11 is 0. The molecule has 2 aromatic rings. The summed E-state index contributed by atoms with van der Waals surface area (Å²) in [6.07, 6.45) is 2.77. The number of nitrogens with one attached hydrogen (secondary N) is 1. The highest BCUT2D eigenvalue weighted by molar-refractivity contribution is 5.98. The van der Waals surface area contributed by atoms with E-state index in [0.29, 0.717) is 17.7 Å². The Hall–Kier alpha value is -2.63. The maximum Gasteiger partial charge on any atom is 0.333 e. The Morgan fingerprint density at radius 1 is 1.26 bits per heavy atom. The van der Waals surface area contributed by atoms with Crippen molar-refractivity contribution in [1.29, 1.82) is 0 Å². The molecule has 23 heavy (non-hydrogen) atoms. The van der Waals surface area contributed by atoms with Crippen molar-refractivity contribution in [2.24, 2.45) is 0 Å². The Bertz CT molecular complexity index is 708. The smallest absolute Gasteiger partial charge is 0.333 e. The molecular formula is C17H18FNO4. The summed E-state index contributed by atoms with van der Waals surface area (Å²) < 4.78 is 18.3. The fraction of sp³-hybridized carbons (Fsp3) is 0.294. The summed E-state index contributed by atoms with van der Waals surface area (Å²) in [5.41, 5.74) is -1.09. The first kappa shape index (κ1) is 16.7. The zero-order valence-electron chi connectivity index (χ0n) is 12.9. The number of carbonyl (C=O) groups is 2. The first-order valence-electron chi connectivity index (χ1n) is 7.26. The van der Waals surface area contributed by atoms with Crippen molar-refractivity contribution in [3.63, 3.8) is 0 Å². The number of hydrogen-bond acceptors (Lipinski definition) is 3. The van der Waals surface area contributed by atoms with Crippen molar-refractivity contribution in [3.8, 4) is 0 Å². The molecule has 0 fully saturated rings. The van der Waals surface area contributed by atoms with Gasteiger partial charge in [-0.15, -0.1) is 0 Å². The molecule has 0 spiro atoms. The Labute approximate surface area is 133 Å². The lowest BCUT2D eigenvalue weighted by Gasteiger charge is -2.26. The van der Waals surface area contributed by atoms with Crippen molar-refractivity contribution < 1.29 is 23.5 Å². The van der Waals surface area contributed by atoms with Crippen LogP contribution in [0.2, 0.25) is 0 Å². The van der Waals surface area contributed by atoms with E-state index in [2.05, 4.69) is 5.32 Å². The summed E-state index contributed by atoms with van der Waals surface area (Å²) in [6, 6.07) is 6.50. The van der Waals surface area contributed by atoms with Gasteiger partial charge in [0.2, 0.25) is 0 Å². The molecule has 122 valence electrons. The fourth-order valence-electron chi connectivity index (χ4n) is 2.29. The molecule has 1 aromatic carbocycles. The largest absolute Gasteiger partial charge is 0.479 e. The molecule has 2 rings (SSSR count). The Kier molecular flexibility index (Phi) is 4.83. The second-order valence-electron chi connectivity index (χ2n) is 5.40. The molecule has 1 aromatic heterocycles. The van der Waals surface area contributed by atoms with E-state index >= 15 is 0 Å². The molecule has 1 heterocycles. The number of benzene rings is 1. The molecule has 5 nitrogen and oxygen atoms in total. The van der Waals surface area contributed by atoms with Gasteiger partial charge in [0, 0.05) is 6.42 Å². The summed E-state index contributed by atoms with van der Waals surface area (Å²) in [6.45, 7) is 3.31. The summed E-state index contributed by atoms with van der Waals surface area (Å²) in [7, 11) is 0. The highest BCUT2D eigenvalue weighted by Gasteiger charge is 2.37. The quantitative estimate of drug-likeness (QED) is 0.857. The second-order valence-corrected chi connectivity index (χ2v) is 5.40. The van der Waals surface area contributed by atoms with E-state index in [1.807, 2.05) is 6.92 Å². The molecule has 0 aliphatic rings. The molecule has 0 saturated carbocycles. The zero-order chi connectivity index (χ0) is 17.0. The van der Waals surface area contributed by atoms with Crippen molar-refractivity contribution in [1.82, 2.24) is 5.32 Å². The molecular weight excluding hydrogens is 301 g/mol. The van der Waals surface area contributed by atoms with E-state index in [9.17, 15) is 19.1 Å². The summed E-state index contributed by atoms with van der Waals surface area (Å²) in [5, 5.41) is 12.1. The number of furan rings is 1. The minimum atomic E-state index is -1.68. The Balaban J connectivity index is 2.32. The number of rotatable bonds is 6. The van der Waals surface area contributed by atoms with Gasteiger partial charge in [-0.3, -0.25) is 4.79 Å². The average molecular weight is 319 g/mol. The number of aliphatic carboxylic acids is 1. The van der Waals surface area contributed by atoms with Crippen LogP contribution < -0.4 is 5.32 Å². The van der Waals surface area contributed by atoms with Gasteiger partial charge < -0.3 is 14.8 Å². The third-order valence-electron chi connectivity index (χ3n) is 3.68. The van der Waals surface area contributed by atoms with E-state index in [4.69, 9.17) is 4.42 Å². The SMILES string of the molecule is CCCc1occc1C(=O)NC(C)(C(=O)O)c1ccc(F)cc1. The van der Waals surface area contributed by atoms with Crippen LogP contribution in [-0.4, -0.2) is 17.0 Å². The monoisotopic (exact) mass is 319 g/mol. The van der Waals surface area contributed by atoms with Crippen molar-refractivity contribution in [2.75, 3.05) is 0 Å². The maximum atomic E-state index is 13.1. The minimum Gasteiger partial charge on any atom is -0.479 e. The van der Waals surface area contributed by atoms with Crippen LogP contribution in [-0.2, 0) is 16.8 Å². The molecule has 6 heteroatoms. The number of hydrogen-bond donors (Lipinski definition) is 2. The Morgan fingerprint density at radius 3 is 2.48 bits per heavy atom. The van der Waals surface area contributed by atoms with Gasteiger partial charge in [0.05, 0.1) is 11.8 Å². The highest BCUT2D eigenvalue weighted by atomic mass is 19.1. The molecule has 1 unspecified atom stereocenters. The van der Waals surface area contributed by atoms with Crippen LogP contribution >= 0.6 is 0 Å². The fourth-order valence-corrected chi connectivity index (χ4v) is 2.29. The van der Waals surface area contributed by atoms with Gasteiger partial charge in [0.1, 0.15) is 11.6 Å². The lowest BCUT2D eigenvalue weighted by Crippen LogP contribution is -2.49. The molecule has 2 N–H and O–H groups in total. The van der Waals surface area contributed by atoms with Gasteiger partial charge in [-0.05, 0) is 37.1 Å². The normalized spacial score (nSPS) is 13.3. The molecule has 0 saturated heterocycles. The van der Waals surface area contributed by atoms with Gasteiger partial charge >= 0.3 is 5.97 Å². The first-order chi connectivity index (χ1) is 10.9. The number of carbonyl (C=O) groups excluding carboxylic acids is 1. The third kappa shape index (κ3) is 3.41. The summed E-state index contributed by atoms with van der Waals surface area (Å²) in [5.74, 6) is -1.75. The molecule has 1 atom stereocenters. The van der Waals surface area contributed by atoms with Crippen LogP contribution in [0.25, 0.3) is 0 Å². The lowest BCUT2D eigenvalue weighted by molar-refractivity contribution is -0.144. The number of carboxylic acids is 1. The predicted octanol–water partition coefficient (Wildman–Crippen LogP) is 3.10. The average Bonchev–Trinajstić information content (AvgIpc) is 2.96. The number of aryl methyl sites for hydroxylation is 1. The van der Waals surface area contributed by atoms with Crippen molar-refractivity contribution >= 4 is 11.9 Å². The van der Waals surface area contributed by atoms with Crippen LogP contribution in [0, 0.1) is 5.82 Å². The maximum absolute atomic E-state index is 13.1. The lowest BCUT2D eigenvalue weighted by atomic mass is 9.91. The van der Waals surface area contributed by atoms with Gasteiger partial charge in [0.15, 0.2) is 5.54 Å². The molecule has 1 amide bonds. The van der Waals surface area contributed by atoms with Gasteiger partial charge in [-0.2, -0.15) is 0 Å². The number of carboxylic acid groups (broad SMARTS) is 1. The standard InChI is InChI=1S/C17H18FNO4/c1-3-4-14-13(9-10-23-14)15(20)19-17(2,16(21)22)11-5-7-12(18)8-6-11/h5-10H,3-4H2,1-2H3,(H,19,20)(H,21,22). The third-order valence-corrected chi connectivity index (χ3v) is 3.68. The van der Waals surface area contributed by atoms with Crippen LogP contribution in [0.3, 0.4) is 0 Å². The predicted molar refractivity (Wildman–Crippen MR) is 81.6 cm³/mol. The van der Waals surface area contributed by atoms with Crippen molar-refractivity contribution in [3.05, 3.63) is 59.3 Å². The van der Waals surface area contributed by atoms with Crippen molar-refractivity contribution in [2.45, 2.75) is 32.2 Å². The molecule has 0 aliphatic carbocycles. The van der Waals surface area contributed by atoms with Gasteiger partial charge in [-0.1, -0.05) is 19.1 Å². The van der Waals surface area contributed by atoms with Gasteiger partial charge in [0.25, 0.3) is 5.91 Å². The van der Waals surface area contributed by atoms with Crippen LogP contribution in [0.15, 0.2) is 41.0 Å². The van der Waals surface area contributed by atoms with E-state index in [0.717, 1.165) is 18.6 Å². The van der Waals surface area contributed by atoms with E-state index in [-0.39, 0.29) is 5.56 Å². The van der Waals surface area contributed by atoms with Crippen LogP contribution in [0.5, 0.6) is 0 Å². The van der Waals surface area contributed by atoms with E-state index in [1.54, 1.807) is 0 Å². The second kappa shape index (κ2) is 6.64. The van der Waals surface area contributed by atoms with Crippen LogP contribution in [0.1, 0.15) is 41.9 Å². The molecule has 0 radical (unpaired) electrons. The van der Waals surface area contributed by atoms with E-state index < -0.39 is 23.2 Å². The topological polar surface area (TPSA) is 79.5 Å².